The molecule has 15 heteroatoms. The van der Waals surface area contributed by atoms with Gasteiger partial charge in [0.1, 0.15) is 11.0 Å². The molecule has 4 N–H and O–H groups in total. The molecule has 0 radical (unpaired) electrons. The molecule has 0 spiro atoms. The summed E-state index contributed by atoms with van der Waals surface area (Å²) in [5, 5.41) is 5.50. The first-order valence-corrected chi connectivity index (χ1v) is 14.0. The highest BCUT2D eigenvalue weighted by atomic mass is 32.2. The molecule has 216 valence electrons. The minimum atomic E-state index is -4.49. The van der Waals surface area contributed by atoms with Gasteiger partial charge in [-0.05, 0) is 36.6 Å². The fraction of sp³-hybridized carbons (Fsp3) is 0.320. The van der Waals surface area contributed by atoms with E-state index in [9.17, 15) is 31.2 Å². The lowest BCUT2D eigenvalue weighted by molar-refractivity contribution is -0.128. The molecule has 2 atom stereocenters. The Balaban J connectivity index is 1.91. The number of carbonyl (C=O) groups excluding carboxylic acids is 2. The Kier molecular flexibility index (Phi) is 10.1. The van der Waals surface area contributed by atoms with Gasteiger partial charge in [0.05, 0.1) is 31.0 Å². The van der Waals surface area contributed by atoms with Crippen LogP contribution in [0.3, 0.4) is 0 Å². The summed E-state index contributed by atoms with van der Waals surface area (Å²) < 4.78 is 76.9. The number of anilines is 1. The van der Waals surface area contributed by atoms with E-state index in [1.165, 1.54) is 31.2 Å². The highest BCUT2D eigenvalue weighted by Crippen LogP contribution is 2.30. The number of halogens is 3. The van der Waals surface area contributed by atoms with Crippen molar-refractivity contribution >= 4 is 39.3 Å². The molecule has 40 heavy (non-hydrogen) atoms. The first kappa shape index (κ1) is 30.8. The van der Waals surface area contributed by atoms with E-state index in [1.807, 2.05) is 4.72 Å². The van der Waals surface area contributed by atoms with E-state index >= 15 is 0 Å². The molecule has 0 saturated carbocycles. The van der Waals surface area contributed by atoms with E-state index in [2.05, 4.69) is 20.4 Å². The predicted octanol–water partition coefficient (Wildman–Crippen LogP) is 4.14. The number of aryl methyl sites for hydroxylation is 1. The number of benzene rings is 2. The Labute approximate surface area is 232 Å². The van der Waals surface area contributed by atoms with Gasteiger partial charge < -0.3 is 15.4 Å². The van der Waals surface area contributed by atoms with Gasteiger partial charge in [0.25, 0.3) is 0 Å². The first-order valence-electron chi connectivity index (χ1n) is 11.8. The summed E-state index contributed by atoms with van der Waals surface area (Å²) >= 11 is 1.01. The summed E-state index contributed by atoms with van der Waals surface area (Å²) in [6, 6.07) is 12.7. The number of aromatic nitrogens is 1. The summed E-state index contributed by atoms with van der Waals surface area (Å²) in [5.74, 6) is -0.617. The molecule has 3 aromatic rings. The summed E-state index contributed by atoms with van der Waals surface area (Å²) in [7, 11) is -3.34. The second-order valence-electron chi connectivity index (χ2n) is 8.76. The summed E-state index contributed by atoms with van der Waals surface area (Å²) in [6.07, 6.45) is -6.36. The van der Waals surface area contributed by atoms with Crippen molar-refractivity contribution in [3.63, 3.8) is 0 Å². The molecule has 1 heterocycles. The summed E-state index contributed by atoms with van der Waals surface area (Å²) in [5.41, 5.74) is 1.24. The van der Waals surface area contributed by atoms with Crippen LogP contribution in [0, 0.1) is 6.92 Å². The number of hydrogen-bond acceptors (Lipinski definition) is 7. The third-order valence-corrected chi connectivity index (χ3v) is 7.23. The van der Waals surface area contributed by atoms with Gasteiger partial charge in [-0.1, -0.05) is 42.5 Å². The highest BCUT2D eigenvalue weighted by molar-refractivity contribution is 7.87. The zero-order chi connectivity index (χ0) is 29.5. The monoisotopic (exact) mass is 600 g/mol. The number of ether oxygens (including phenoxy) is 1. The van der Waals surface area contributed by atoms with Gasteiger partial charge in [-0.15, -0.1) is 11.3 Å². The lowest BCUT2D eigenvalue weighted by atomic mass is 10.0. The van der Waals surface area contributed by atoms with Gasteiger partial charge >= 0.3 is 22.6 Å². The fourth-order valence-electron chi connectivity index (χ4n) is 3.78. The van der Waals surface area contributed by atoms with Crippen LogP contribution in [-0.2, 0) is 39.1 Å². The number of alkyl carbamates (subject to hydrolysis) is 1. The third-order valence-electron chi connectivity index (χ3n) is 5.61. The van der Waals surface area contributed by atoms with Gasteiger partial charge in [0.2, 0.25) is 5.91 Å². The van der Waals surface area contributed by atoms with Crippen molar-refractivity contribution in [3.05, 3.63) is 81.3 Å². The Bertz CT molecular complexity index is 1410. The van der Waals surface area contributed by atoms with Crippen molar-refractivity contribution in [2.75, 3.05) is 11.8 Å². The number of carbonyl (C=O) groups is 2. The lowest BCUT2D eigenvalue weighted by Crippen LogP contribution is -2.49. The second kappa shape index (κ2) is 13.1. The van der Waals surface area contributed by atoms with Gasteiger partial charge in [0.15, 0.2) is 0 Å². The Morgan fingerprint density at radius 3 is 2.23 bits per heavy atom. The molecular weight excluding hydrogens is 573 g/mol. The van der Waals surface area contributed by atoms with Crippen LogP contribution in [0.25, 0.3) is 0 Å². The van der Waals surface area contributed by atoms with E-state index in [1.54, 1.807) is 30.3 Å². The van der Waals surface area contributed by atoms with E-state index < -0.39 is 47.0 Å². The zero-order valence-corrected chi connectivity index (χ0v) is 23.0. The number of nitrogens with one attached hydrogen (secondary N) is 3. The molecule has 0 fully saturated rings. The largest absolute Gasteiger partial charge is 0.453 e. The minimum absolute atomic E-state index is 0.0760. The maximum absolute atomic E-state index is 13.4. The maximum atomic E-state index is 13.4. The van der Waals surface area contributed by atoms with Crippen molar-refractivity contribution in [1.29, 1.82) is 0 Å². The van der Waals surface area contributed by atoms with Crippen molar-refractivity contribution in [2.24, 2.45) is 0 Å². The molecule has 0 saturated heterocycles. The Hall–Kier alpha value is -3.69. The van der Waals surface area contributed by atoms with Crippen LogP contribution < -0.4 is 15.4 Å². The van der Waals surface area contributed by atoms with E-state index in [0.29, 0.717) is 10.4 Å². The topological polar surface area (TPSA) is 147 Å². The molecule has 0 aliphatic heterocycles. The van der Waals surface area contributed by atoms with Crippen LogP contribution >= 0.6 is 11.3 Å². The quantitative estimate of drug-likeness (QED) is 0.242. The van der Waals surface area contributed by atoms with Gasteiger partial charge in [-0.2, -0.15) is 21.6 Å². The Morgan fingerprint density at radius 1 is 1.02 bits per heavy atom. The Morgan fingerprint density at radius 2 is 1.65 bits per heavy atom. The molecule has 3 rings (SSSR count). The average Bonchev–Trinajstić information content (AvgIpc) is 3.22. The number of rotatable bonds is 11. The average molecular weight is 601 g/mol. The molecule has 2 aromatic carbocycles. The zero-order valence-electron chi connectivity index (χ0n) is 21.4. The van der Waals surface area contributed by atoms with Crippen LogP contribution in [0.2, 0.25) is 0 Å². The minimum Gasteiger partial charge on any atom is -0.453 e. The number of amides is 2. The standard InChI is InChI=1S/C25H27F3N4O6S2/c1-15-21(14-25(26,27)28)30-23(39-15)20(13-17-8-10-18(11-9-17)32-40(35,36)37)29-22(33)19(31-24(34)38-2)12-16-6-4-3-5-7-16/h3-11,19-20,32H,12-14H2,1-2H3,(H,29,33)(H,31,34)(H,35,36,37)/t19-,20-/m0/s1. The number of nitrogens with zero attached hydrogens (tertiary/aromatic N) is 1. The van der Waals surface area contributed by atoms with Crippen molar-refractivity contribution < 1.29 is 40.5 Å². The molecule has 10 nitrogen and oxygen atoms in total. The van der Waals surface area contributed by atoms with Crippen LogP contribution in [0.4, 0.5) is 23.7 Å². The third kappa shape index (κ3) is 9.81. The molecule has 1 aromatic heterocycles. The fourth-order valence-corrected chi connectivity index (χ4v) is 5.20. The number of hydrogen-bond donors (Lipinski definition) is 4. The van der Waals surface area contributed by atoms with E-state index in [-0.39, 0.29) is 29.2 Å². The van der Waals surface area contributed by atoms with Crippen LogP contribution in [0.5, 0.6) is 0 Å². The smallest absolute Gasteiger partial charge is 0.407 e. The summed E-state index contributed by atoms with van der Waals surface area (Å²) in [6.45, 7) is 1.51. The van der Waals surface area contributed by atoms with Gasteiger partial charge in [0, 0.05) is 11.3 Å². The summed E-state index contributed by atoms with van der Waals surface area (Å²) in [4.78, 5) is 29.9. The highest BCUT2D eigenvalue weighted by Gasteiger charge is 2.32. The van der Waals surface area contributed by atoms with Crippen molar-refractivity contribution in [3.8, 4) is 0 Å². The molecule has 2 amide bonds. The van der Waals surface area contributed by atoms with Crippen LogP contribution in [0.1, 0.15) is 32.7 Å². The molecule has 0 aliphatic rings. The normalized spacial score (nSPS) is 13.2. The first-order chi connectivity index (χ1) is 18.7. The van der Waals surface area contributed by atoms with E-state index in [4.69, 9.17) is 4.55 Å². The number of thiazole rings is 1. The predicted molar refractivity (Wildman–Crippen MR) is 142 cm³/mol. The SMILES string of the molecule is COC(=O)N[C@@H](Cc1ccccc1)C(=O)N[C@@H](Cc1ccc(NS(=O)(=O)O)cc1)c1nc(CC(F)(F)F)c(C)s1. The maximum Gasteiger partial charge on any atom is 0.407 e. The number of methoxy groups -OCH3 is 1. The van der Waals surface area contributed by atoms with Gasteiger partial charge in [-0.3, -0.25) is 14.1 Å². The van der Waals surface area contributed by atoms with E-state index in [0.717, 1.165) is 24.0 Å². The molecular formula is C25H27F3N4O6S2. The lowest BCUT2D eigenvalue weighted by Gasteiger charge is -2.22. The van der Waals surface area contributed by atoms with Crippen LogP contribution in [-0.4, -0.2) is 49.3 Å². The van der Waals surface area contributed by atoms with Crippen molar-refractivity contribution in [2.45, 2.75) is 44.4 Å². The number of alkyl halides is 3. The molecule has 0 bridgehead atoms. The van der Waals surface area contributed by atoms with Crippen LogP contribution in [0.15, 0.2) is 54.6 Å². The second-order valence-corrected chi connectivity index (χ2v) is 11.2. The molecule has 0 aliphatic carbocycles. The van der Waals surface area contributed by atoms with Crippen molar-refractivity contribution in [1.82, 2.24) is 15.6 Å². The molecule has 0 unspecified atom stereocenters. The van der Waals surface area contributed by atoms with Gasteiger partial charge in [-0.25, -0.2) is 9.78 Å².